The van der Waals surface area contributed by atoms with Gasteiger partial charge < -0.3 is 9.26 Å². The van der Waals surface area contributed by atoms with Gasteiger partial charge in [-0.3, -0.25) is 4.90 Å². The molecule has 6 heteroatoms. The summed E-state index contributed by atoms with van der Waals surface area (Å²) in [7, 11) is 0. The Balaban J connectivity index is 0.00000218. The first-order chi connectivity index (χ1) is 14.4. The van der Waals surface area contributed by atoms with Gasteiger partial charge in [0.05, 0.1) is 0 Å². The van der Waals surface area contributed by atoms with Crippen LogP contribution in [0.4, 0.5) is 0 Å². The fourth-order valence-corrected chi connectivity index (χ4v) is 4.92. The van der Waals surface area contributed by atoms with Crippen LogP contribution in [0.15, 0.2) is 70.6 Å². The van der Waals surface area contributed by atoms with Crippen molar-refractivity contribution in [1.82, 2.24) is 10.1 Å². The molecule has 2 aromatic heterocycles. The Bertz CT molecular complexity index is 1070. The van der Waals surface area contributed by atoms with Gasteiger partial charge in [-0.15, -0.1) is 23.7 Å². The number of nitrogens with zero attached hydrogens (tertiary/aromatic N) is 2. The van der Waals surface area contributed by atoms with Crippen LogP contribution in [0.25, 0.3) is 21.5 Å². The molecule has 1 aliphatic rings. The standard InChI is InChI=1S/C24H24N2O2S.ClH/c1-2-5-18(6-3-1)19-9-12-26(13-10-19)14-15-27-21-8-4-7-20(17-21)23-24-22(28-25-23)11-16-29-24;/h1-8,11,16-17,19H,9-10,12-15H2;1H. The van der Waals surface area contributed by atoms with Crippen LogP contribution in [0.5, 0.6) is 5.75 Å². The van der Waals surface area contributed by atoms with Gasteiger partial charge in [-0.1, -0.05) is 47.6 Å². The molecule has 1 saturated heterocycles. The number of aromatic nitrogens is 1. The van der Waals surface area contributed by atoms with Crippen molar-refractivity contribution in [1.29, 1.82) is 0 Å². The molecule has 4 aromatic rings. The maximum absolute atomic E-state index is 6.06. The second kappa shape index (κ2) is 9.65. The number of hydrogen-bond donors (Lipinski definition) is 0. The van der Waals surface area contributed by atoms with Gasteiger partial charge in [0.25, 0.3) is 0 Å². The summed E-state index contributed by atoms with van der Waals surface area (Å²) in [6.45, 7) is 3.94. The van der Waals surface area contributed by atoms with Gasteiger partial charge in [-0.2, -0.15) is 0 Å². The van der Waals surface area contributed by atoms with Crippen LogP contribution in [0.1, 0.15) is 24.3 Å². The van der Waals surface area contributed by atoms with E-state index in [1.165, 1.54) is 18.4 Å². The average molecular weight is 441 g/mol. The minimum absolute atomic E-state index is 0. The Morgan fingerprint density at radius 1 is 1.03 bits per heavy atom. The third-order valence-electron chi connectivity index (χ3n) is 5.72. The zero-order valence-corrected chi connectivity index (χ0v) is 18.3. The number of fused-ring (bicyclic) bond motifs is 1. The molecular weight excluding hydrogens is 416 g/mol. The summed E-state index contributed by atoms with van der Waals surface area (Å²) in [5.41, 5.74) is 4.25. The van der Waals surface area contributed by atoms with Crippen molar-refractivity contribution in [3.8, 4) is 17.0 Å². The van der Waals surface area contributed by atoms with Gasteiger partial charge in [0, 0.05) is 12.1 Å². The number of likely N-dealkylation sites (tertiary alicyclic amines) is 1. The molecule has 2 aromatic carbocycles. The molecule has 0 bridgehead atoms. The van der Waals surface area contributed by atoms with Gasteiger partial charge in [0.1, 0.15) is 22.8 Å². The molecule has 0 atom stereocenters. The van der Waals surface area contributed by atoms with Crippen LogP contribution in [0, 0.1) is 0 Å². The first-order valence-electron chi connectivity index (χ1n) is 10.2. The molecule has 0 radical (unpaired) electrons. The summed E-state index contributed by atoms with van der Waals surface area (Å²) in [6, 6.07) is 21.0. The first-order valence-corrected chi connectivity index (χ1v) is 11.1. The second-order valence-electron chi connectivity index (χ2n) is 7.55. The van der Waals surface area contributed by atoms with Crippen LogP contribution < -0.4 is 4.74 Å². The molecule has 4 nitrogen and oxygen atoms in total. The van der Waals surface area contributed by atoms with E-state index in [0.29, 0.717) is 12.5 Å². The van der Waals surface area contributed by atoms with Gasteiger partial charge in [-0.25, -0.2) is 0 Å². The van der Waals surface area contributed by atoms with Crippen LogP contribution in [0.3, 0.4) is 0 Å². The molecule has 30 heavy (non-hydrogen) atoms. The Morgan fingerprint density at radius 2 is 1.87 bits per heavy atom. The molecule has 0 unspecified atom stereocenters. The van der Waals surface area contributed by atoms with Gasteiger partial charge in [0.15, 0.2) is 5.58 Å². The third kappa shape index (κ3) is 4.53. The number of benzene rings is 2. The summed E-state index contributed by atoms with van der Waals surface area (Å²) in [4.78, 5) is 2.51. The highest BCUT2D eigenvalue weighted by Crippen LogP contribution is 2.33. The van der Waals surface area contributed by atoms with E-state index >= 15 is 0 Å². The summed E-state index contributed by atoms with van der Waals surface area (Å²) < 4.78 is 12.5. The second-order valence-corrected chi connectivity index (χ2v) is 8.46. The first kappa shape index (κ1) is 20.9. The van der Waals surface area contributed by atoms with E-state index in [4.69, 9.17) is 9.26 Å². The zero-order valence-electron chi connectivity index (χ0n) is 16.7. The fourth-order valence-electron chi connectivity index (χ4n) is 4.10. The molecule has 0 spiro atoms. The van der Waals surface area contributed by atoms with Gasteiger partial charge in [0.2, 0.25) is 0 Å². The van der Waals surface area contributed by atoms with E-state index in [2.05, 4.69) is 52.5 Å². The van der Waals surface area contributed by atoms with E-state index in [9.17, 15) is 0 Å². The molecule has 1 aliphatic heterocycles. The van der Waals surface area contributed by atoms with Crippen molar-refractivity contribution < 1.29 is 9.26 Å². The Kier molecular flexibility index (Phi) is 6.72. The summed E-state index contributed by atoms with van der Waals surface area (Å²) in [5.74, 6) is 1.58. The van der Waals surface area contributed by atoms with Crippen LogP contribution in [0.2, 0.25) is 0 Å². The van der Waals surface area contributed by atoms with Crippen molar-refractivity contribution in [2.24, 2.45) is 0 Å². The molecule has 156 valence electrons. The van der Waals surface area contributed by atoms with E-state index in [1.807, 2.05) is 23.6 Å². The minimum atomic E-state index is 0. The van der Waals surface area contributed by atoms with Gasteiger partial charge >= 0.3 is 0 Å². The van der Waals surface area contributed by atoms with E-state index in [0.717, 1.165) is 46.9 Å². The van der Waals surface area contributed by atoms with Crippen LogP contribution >= 0.6 is 23.7 Å². The zero-order chi connectivity index (χ0) is 19.5. The lowest BCUT2D eigenvalue weighted by atomic mass is 9.89. The molecule has 1 fully saturated rings. The lowest BCUT2D eigenvalue weighted by Gasteiger charge is -2.32. The number of piperidine rings is 1. The van der Waals surface area contributed by atoms with Crippen molar-refractivity contribution in [3.05, 3.63) is 71.6 Å². The molecule has 0 N–H and O–H groups in total. The lowest BCUT2D eigenvalue weighted by Crippen LogP contribution is -2.35. The smallest absolute Gasteiger partial charge is 0.178 e. The maximum Gasteiger partial charge on any atom is 0.178 e. The summed E-state index contributed by atoms with van der Waals surface area (Å²) >= 11 is 1.65. The monoisotopic (exact) mass is 440 g/mol. The van der Waals surface area contributed by atoms with E-state index in [-0.39, 0.29) is 12.4 Å². The SMILES string of the molecule is Cl.c1ccc(C2CCN(CCOc3cccc(-c4noc5ccsc45)c3)CC2)cc1. The molecule has 3 heterocycles. The highest BCUT2D eigenvalue weighted by Gasteiger charge is 2.20. The fraction of sp³-hybridized carbons (Fsp3) is 0.292. The van der Waals surface area contributed by atoms with Crippen molar-refractivity contribution in [3.63, 3.8) is 0 Å². The number of thiophene rings is 1. The van der Waals surface area contributed by atoms with Gasteiger partial charge in [-0.05, 0) is 61.0 Å². The number of rotatable bonds is 6. The third-order valence-corrected chi connectivity index (χ3v) is 6.62. The topological polar surface area (TPSA) is 38.5 Å². The molecule has 0 amide bonds. The summed E-state index contributed by atoms with van der Waals surface area (Å²) in [5, 5.41) is 6.25. The van der Waals surface area contributed by atoms with Crippen LogP contribution in [-0.2, 0) is 0 Å². The van der Waals surface area contributed by atoms with Crippen molar-refractivity contribution >= 4 is 34.0 Å². The largest absolute Gasteiger partial charge is 0.492 e. The predicted octanol–water partition coefficient (Wildman–Crippen LogP) is 6.24. The quantitative estimate of drug-likeness (QED) is 0.356. The maximum atomic E-state index is 6.06. The molecular formula is C24H25ClN2O2S. The predicted molar refractivity (Wildman–Crippen MR) is 125 cm³/mol. The Morgan fingerprint density at radius 3 is 2.70 bits per heavy atom. The number of ether oxygens (including phenoxy) is 1. The van der Waals surface area contributed by atoms with Crippen molar-refractivity contribution in [2.75, 3.05) is 26.2 Å². The normalized spacial score (nSPS) is 15.2. The van der Waals surface area contributed by atoms with E-state index < -0.39 is 0 Å². The summed E-state index contributed by atoms with van der Waals surface area (Å²) in [6.07, 6.45) is 2.45. The Labute approximate surface area is 186 Å². The molecule has 0 saturated carbocycles. The number of hydrogen-bond acceptors (Lipinski definition) is 5. The van der Waals surface area contributed by atoms with E-state index in [1.54, 1.807) is 11.3 Å². The lowest BCUT2D eigenvalue weighted by molar-refractivity contribution is 0.173. The Hall–Kier alpha value is -2.34. The minimum Gasteiger partial charge on any atom is -0.492 e. The highest BCUT2D eigenvalue weighted by molar-refractivity contribution is 7.17. The van der Waals surface area contributed by atoms with Crippen molar-refractivity contribution in [2.45, 2.75) is 18.8 Å². The molecule has 0 aliphatic carbocycles. The average Bonchev–Trinajstić information content (AvgIpc) is 3.39. The molecule has 5 rings (SSSR count). The highest BCUT2D eigenvalue weighted by atomic mass is 35.5. The van der Waals surface area contributed by atoms with Crippen LogP contribution in [-0.4, -0.2) is 36.3 Å². The number of halogens is 1.